The number of carbonyl (C=O) groups is 1. The van der Waals surface area contributed by atoms with Crippen LogP contribution in [0.15, 0.2) is 47.3 Å². The third kappa shape index (κ3) is 5.91. The van der Waals surface area contributed by atoms with Crippen LogP contribution in [0.3, 0.4) is 0 Å². The van der Waals surface area contributed by atoms with Gasteiger partial charge in [0, 0.05) is 24.9 Å². The van der Waals surface area contributed by atoms with Crippen molar-refractivity contribution in [3.05, 3.63) is 58.6 Å². The highest BCUT2D eigenvalue weighted by molar-refractivity contribution is 7.07. The van der Waals surface area contributed by atoms with Crippen molar-refractivity contribution in [3.63, 3.8) is 0 Å². The molecule has 0 aliphatic rings. The zero-order chi connectivity index (χ0) is 17.4. The molecule has 2 rings (SSSR count). The van der Waals surface area contributed by atoms with Gasteiger partial charge in [-0.2, -0.15) is 0 Å². The fourth-order valence-electron chi connectivity index (χ4n) is 2.46. The van der Waals surface area contributed by atoms with Crippen LogP contribution < -0.4 is 5.73 Å². The van der Waals surface area contributed by atoms with Crippen LogP contribution in [0.2, 0.25) is 0 Å². The standard InChI is InChI=1S/C19H25N3OS/c1-15(2)12-22(10-6-9-16-7-4-3-5-8-16)19(23)18(20)11-17-13-24-14-21-17/h3-9,13-15,18H,10-12,20H2,1-2H3/t18-/m0/s1. The number of hydrogen-bond acceptors (Lipinski definition) is 4. The van der Waals surface area contributed by atoms with E-state index < -0.39 is 6.04 Å². The monoisotopic (exact) mass is 343 g/mol. The molecular weight excluding hydrogens is 318 g/mol. The summed E-state index contributed by atoms with van der Waals surface area (Å²) in [5.74, 6) is 0.375. The number of carbonyl (C=O) groups excluding carboxylic acids is 1. The van der Waals surface area contributed by atoms with Gasteiger partial charge in [0.25, 0.3) is 0 Å². The van der Waals surface area contributed by atoms with E-state index in [4.69, 9.17) is 5.73 Å². The molecule has 0 spiro atoms. The second-order valence-corrected chi connectivity index (χ2v) is 6.96. The third-order valence-electron chi connectivity index (χ3n) is 3.56. The van der Waals surface area contributed by atoms with Crippen LogP contribution in [-0.4, -0.2) is 34.9 Å². The fourth-order valence-corrected chi connectivity index (χ4v) is 3.03. The van der Waals surface area contributed by atoms with Crippen molar-refractivity contribution < 1.29 is 4.79 Å². The summed E-state index contributed by atoms with van der Waals surface area (Å²) in [4.78, 5) is 18.7. The summed E-state index contributed by atoms with van der Waals surface area (Å²) < 4.78 is 0. The molecule has 1 atom stereocenters. The van der Waals surface area contributed by atoms with E-state index in [1.165, 1.54) is 11.3 Å². The Morgan fingerprint density at radius 2 is 2.08 bits per heavy atom. The smallest absolute Gasteiger partial charge is 0.240 e. The summed E-state index contributed by atoms with van der Waals surface area (Å²) in [6, 6.07) is 9.53. The predicted octanol–water partition coefficient (Wildman–Crippen LogP) is 3.21. The van der Waals surface area contributed by atoms with Crippen molar-refractivity contribution in [2.75, 3.05) is 13.1 Å². The first kappa shape index (κ1) is 18.4. The lowest BCUT2D eigenvalue weighted by atomic mass is 10.1. The van der Waals surface area contributed by atoms with E-state index in [1.54, 1.807) is 5.51 Å². The number of hydrogen-bond donors (Lipinski definition) is 1. The van der Waals surface area contributed by atoms with Crippen molar-refractivity contribution in [1.82, 2.24) is 9.88 Å². The lowest BCUT2D eigenvalue weighted by Gasteiger charge is -2.26. The molecule has 0 fully saturated rings. The molecule has 0 unspecified atom stereocenters. The van der Waals surface area contributed by atoms with Gasteiger partial charge in [0.15, 0.2) is 0 Å². The Bertz CT molecular complexity index is 638. The molecule has 0 aliphatic carbocycles. The summed E-state index contributed by atoms with van der Waals surface area (Å²) in [6.07, 6.45) is 4.54. The van der Waals surface area contributed by atoms with E-state index in [-0.39, 0.29) is 5.91 Å². The van der Waals surface area contributed by atoms with Crippen LogP contribution >= 0.6 is 11.3 Å². The van der Waals surface area contributed by atoms with Crippen LogP contribution in [0.25, 0.3) is 6.08 Å². The maximum Gasteiger partial charge on any atom is 0.240 e. The summed E-state index contributed by atoms with van der Waals surface area (Å²) in [7, 11) is 0. The Kier molecular flexibility index (Phi) is 7.15. The van der Waals surface area contributed by atoms with E-state index in [0.29, 0.717) is 25.4 Å². The van der Waals surface area contributed by atoms with Crippen LogP contribution in [0, 0.1) is 5.92 Å². The summed E-state index contributed by atoms with van der Waals surface area (Å²) in [5.41, 5.74) is 9.89. The first-order chi connectivity index (χ1) is 11.6. The molecule has 1 aromatic heterocycles. The molecule has 0 radical (unpaired) electrons. The Morgan fingerprint density at radius 1 is 1.33 bits per heavy atom. The zero-order valence-corrected chi connectivity index (χ0v) is 15.1. The average Bonchev–Trinajstić information content (AvgIpc) is 3.07. The van der Waals surface area contributed by atoms with Crippen molar-refractivity contribution in [1.29, 1.82) is 0 Å². The van der Waals surface area contributed by atoms with Crippen LogP contribution in [0.4, 0.5) is 0 Å². The SMILES string of the molecule is CC(C)CN(CC=Cc1ccccc1)C(=O)[C@@H](N)Cc1cscn1. The minimum absolute atomic E-state index is 0.0191. The highest BCUT2D eigenvalue weighted by atomic mass is 32.1. The Hall–Kier alpha value is -1.98. The zero-order valence-electron chi connectivity index (χ0n) is 14.3. The third-order valence-corrected chi connectivity index (χ3v) is 4.20. The highest BCUT2D eigenvalue weighted by Gasteiger charge is 2.21. The number of nitrogens with zero attached hydrogens (tertiary/aromatic N) is 2. The van der Waals surface area contributed by atoms with Gasteiger partial charge in [-0.15, -0.1) is 11.3 Å². The molecule has 1 aromatic carbocycles. The Balaban J connectivity index is 1.98. The number of nitrogens with two attached hydrogens (primary N) is 1. The minimum Gasteiger partial charge on any atom is -0.337 e. The lowest BCUT2D eigenvalue weighted by molar-refractivity contribution is -0.132. The second kappa shape index (κ2) is 9.35. The Labute approximate surface area is 148 Å². The fraction of sp³-hybridized carbons (Fsp3) is 0.368. The Morgan fingerprint density at radius 3 is 2.71 bits per heavy atom. The normalized spacial score (nSPS) is 12.7. The highest BCUT2D eigenvalue weighted by Crippen LogP contribution is 2.08. The topological polar surface area (TPSA) is 59.2 Å². The molecule has 0 saturated heterocycles. The van der Waals surface area contributed by atoms with Gasteiger partial charge in [-0.3, -0.25) is 4.79 Å². The number of amides is 1. The maximum absolute atomic E-state index is 12.7. The van der Waals surface area contributed by atoms with Crippen LogP contribution in [-0.2, 0) is 11.2 Å². The second-order valence-electron chi connectivity index (χ2n) is 6.24. The molecule has 24 heavy (non-hydrogen) atoms. The molecular formula is C19H25N3OS. The number of rotatable bonds is 8. The first-order valence-corrected chi connectivity index (χ1v) is 9.13. The lowest BCUT2D eigenvalue weighted by Crippen LogP contribution is -2.46. The van der Waals surface area contributed by atoms with Crippen molar-refractivity contribution in [2.45, 2.75) is 26.3 Å². The predicted molar refractivity (Wildman–Crippen MR) is 101 cm³/mol. The van der Waals surface area contributed by atoms with Crippen molar-refractivity contribution in [3.8, 4) is 0 Å². The number of aromatic nitrogens is 1. The van der Waals surface area contributed by atoms with Gasteiger partial charge in [-0.25, -0.2) is 4.98 Å². The first-order valence-electron chi connectivity index (χ1n) is 8.19. The van der Waals surface area contributed by atoms with Gasteiger partial charge >= 0.3 is 0 Å². The van der Waals surface area contributed by atoms with Gasteiger partial charge in [0.2, 0.25) is 5.91 Å². The van der Waals surface area contributed by atoms with Gasteiger partial charge in [0.1, 0.15) is 0 Å². The van der Waals surface area contributed by atoms with E-state index in [0.717, 1.165) is 11.3 Å². The maximum atomic E-state index is 12.7. The van der Waals surface area contributed by atoms with Crippen LogP contribution in [0.5, 0.6) is 0 Å². The molecule has 0 saturated carbocycles. The number of thiazole rings is 1. The molecule has 128 valence electrons. The van der Waals surface area contributed by atoms with Gasteiger partial charge in [-0.1, -0.05) is 56.3 Å². The molecule has 2 N–H and O–H groups in total. The summed E-state index contributed by atoms with van der Waals surface area (Å²) in [5, 5.41) is 1.94. The largest absolute Gasteiger partial charge is 0.337 e. The summed E-state index contributed by atoms with van der Waals surface area (Å²) >= 11 is 1.52. The molecule has 1 amide bonds. The molecule has 0 bridgehead atoms. The van der Waals surface area contributed by atoms with Crippen molar-refractivity contribution >= 4 is 23.3 Å². The quantitative estimate of drug-likeness (QED) is 0.801. The van der Waals surface area contributed by atoms with E-state index >= 15 is 0 Å². The van der Waals surface area contributed by atoms with Gasteiger partial charge in [0.05, 0.1) is 17.2 Å². The summed E-state index contributed by atoms with van der Waals surface area (Å²) in [6.45, 7) is 5.47. The van der Waals surface area contributed by atoms with Gasteiger partial charge < -0.3 is 10.6 Å². The van der Waals surface area contributed by atoms with E-state index in [9.17, 15) is 4.79 Å². The minimum atomic E-state index is -0.545. The molecule has 5 heteroatoms. The molecule has 2 aromatic rings. The van der Waals surface area contributed by atoms with Crippen LogP contribution in [0.1, 0.15) is 25.1 Å². The molecule has 4 nitrogen and oxygen atoms in total. The average molecular weight is 343 g/mol. The van der Waals surface area contributed by atoms with Gasteiger partial charge in [-0.05, 0) is 11.5 Å². The van der Waals surface area contributed by atoms with Crippen molar-refractivity contribution in [2.24, 2.45) is 11.7 Å². The molecule has 0 aliphatic heterocycles. The van der Waals surface area contributed by atoms with E-state index in [2.05, 4.69) is 18.8 Å². The molecule has 1 heterocycles. The number of benzene rings is 1. The van der Waals surface area contributed by atoms with E-state index in [1.807, 2.05) is 52.8 Å².